The van der Waals surface area contributed by atoms with Crippen LogP contribution in [0.3, 0.4) is 0 Å². The summed E-state index contributed by atoms with van der Waals surface area (Å²) in [6.45, 7) is 3.99. The summed E-state index contributed by atoms with van der Waals surface area (Å²) < 4.78 is 7.05. The van der Waals surface area contributed by atoms with Gasteiger partial charge in [0.2, 0.25) is 5.89 Å². The van der Waals surface area contributed by atoms with Gasteiger partial charge in [-0.15, -0.1) is 0 Å². The largest absolute Gasteiger partial charge is 0.444 e. The van der Waals surface area contributed by atoms with E-state index in [9.17, 15) is 4.79 Å². The van der Waals surface area contributed by atoms with Crippen molar-refractivity contribution in [2.24, 2.45) is 0 Å². The van der Waals surface area contributed by atoms with Crippen molar-refractivity contribution in [3.8, 4) is 0 Å². The molecule has 2 rings (SSSR count). The number of oxazole rings is 1. The fourth-order valence-corrected chi connectivity index (χ4v) is 2.77. The normalized spacial score (nSPS) is 10.5. The number of aryl methyl sites for hydroxylation is 2. The van der Waals surface area contributed by atoms with Crippen molar-refractivity contribution in [1.29, 1.82) is 0 Å². The quantitative estimate of drug-likeness (QED) is 0.872. The van der Waals surface area contributed by atoms with Crippen LogP contribution in [-0.4, -0.2) is 10.9 Å². The van der Waals surface area contributed by atoms with Crippen molar-refractivity contribution in [3.05, 3.63) is 50.1 Å². The van der Waals surface area contributed by atoms with E-state index < -0.39 is 0 Å². The number of nitrogens with zero attached hydrogens (tertiary/aromatic N) is 1. The Morgan fingerprint density at radius 2 is 2.11 bits per heavy atom. The summed E-state index contributed by atoms with van der Waals surface area (Å²) in [5.41, 5.74) is 1.41. The molecule has 0 atom stereocenters. The first kappa shape index (κ1) is 14.3. The first-order valence-corrected chi connectivity index (χ1v) is 7.22. The molecule has 0 bridgehead atoms. The SMILES string of the molecule is Cc1nc(CNC(=O)c2ccc(Br)cc2Br)oc1C. The fraction of sp³-hybridized carbons (Fsp3) is 0.231. The summed E-state index contributed by atoms with van der Waals surface area (Å²) in [6.07, 6.45) is 0. The summed E-state index contributed by atoms with van der Waals surface area (Å²) in [4.78, 5) is 16.2. The Kier molecular flexibility index (Phi) is 4.42. The molecule has 6 heteroatoms. The minimum Gasteiger partial charge on any atom is -0.444 e. The van der Waals surface area contributed by atoms with Crippen LogP contribution >= 0.6 is 31.9 Å². The van der Waals surface area contributed by atoms with Gasteiger partial charge in [-0.2, -0.15) is 0 Å². The van der Waals surface area contributed by atoms with E-state index in [1.165, 1.54) is 0 Å². The van der Waals surface area contributed by atoms with E-state index in [0.29, 0.717) is 11.5 Å². The molecular weight excluding hydrogens is 376 g/mol. The molecule has 0 aliphatic heterocycles. The van der Waals surface area contributed by atoms with Gasteiger partial charge in [-0.25, -0.2) is 4.98 Å². The number of halogens is 2. The van der Waals surface area contributed by atoms with Gasteiger partial charge in [0.1, 0.15) is 5.76 Å². The van der Waals surface area contributed by atoms with E-state index in [4.69, 9.17) is 4.42 Å². The molecule has 1 aromatic heterocycles. The number of aromatic nitrogens is 1. The molecule has 4 nitrogen and oxygen atoms in total. The average Bonchev–Trinajstić information content (AvgIpc) is 2.66. The predicted molar refractivity (Wildman–Crippen MR) is 79.0 cm³/mol. The van der Waals surface area contributed by atoms with Gasteiger partial charge in [0.15, 0.2) is 0 Å². The lowest BCUT2D eigenvalue weighted by molar-refractivity contribution is 0.0946. The first-order valence-electron chi connectivity index (χ1n) is 5.63. The van der Waals surface area contributed by atoms with Crippen molar-refractivity contribution in [3.63, 3.8) is 0 Å². The zero-order valence-electron chi connectivity index (χ0n) is 10.5. The van der Waals surface area contributed by atoms with E-state index in [1.54, 1.807) is 6.07 Å². The number of carbonyl (C=O) groups is 1. The van der Waals surface area contributed by atoms with Gasteiger partial charge in [-0.3, -0.25) is 4.79 Å². The molecule has 0 aliphatic rings. The molecule has 2 aromatic rings. The number of benzene rings is 1. The number of hydrogen-bond donors (Lipinski definition) is 1. The first-order chi connectivity index (χ1) is 8.97. The Morgan fingerprint density at radius 3 is 2.68 bits per heavy atom. The van der Waals surface area contributed by atoms with E-state index in [-0.39, 0.29) is 12.5 Å². The molecule has 0 saturated carbocycles. The lowest BCUT2D eigenvalue weighted by Gasteiger charge is -2.05. The highest BCUT2D eigenvalue weighted by atomic mass is 79.9. The second-order valence-corrected chi connectivity index (χ2v) is 5.83. The third-order valence-electron chi connectivity index (χ3n) is 2.65. The summed E-state index contributed by atoms with van der Waals surface area (Å²) in [7, 11) is 0. The maximum atomic E-state index is 12.0. The van der Waals surface area contributed by atoms with Crippen LogP contribution in [0.4, 0.5) is 0 Å². The highest BCUT2D eigenvalue weighted by Crippen LogP contribution is 2.21. The summed E-state index contributed by atoms with van der Waals surface area (Å²) in [6, 6.07) is 5.39. The fourth-order valence-electron chi connectivity index (χ4n) is 1.54. The van der Waals surface area contributed by atoms with Crippen LogP contribution < -0.4 is 5.32 Å². The molecule has 1 aromatic carbocycles. The van der Waals surface area contributed by atoms with Gasteiger partial charge >= 0.3 is 0 Å². The van der Waals surface area contributed by atoms with Crippen LogP contribution in [0.2, 0.25) is 0 Å². The van der Waals surface area contributed by atoms with Crippen molar-refractivity contribution >= 4 is 37.8 Å². The highest BCUT2D eigenvalue weighted by molar-refractivity contribution is 9.11. The predicted octanol–water partition coefficient (Wildman–Crippen LogP) is 3.75. The number of nitrogens with one attached hydrogen (secondary N) is 1. The Morgan fingerprint density at radius 1 is 1.37 bits per heavy atom. The van der Waals surface area contributed by atoms with Crippen LogP contribution in [-0.2, 0) is 6.54 Å². The minimum absolute atomic E-state index is 0.173. The number of hydrogen-bond acceptors (Lipinski definition) is 3. The summed E-state index contributed by atoms with van der Waals surface area (Å²) >= 11 is 6.70. The lowest BCUT2D eigenvalue weighted by Crippen LogP contribution is -2.23. The monoisotopic (exact) mass is 386 g/mol. The number of rotatable bonds is 3. The molecule has 0 radical (unpaired) electrons. The van der Waals surface area contributed by atoms with Gasteiger partial charge in [-0.05, 0) is 48.0 Å². The van der Waals surface area contributed by atoms with Crippen molar-refractivity contribution < 1.29 is 9.21 Å². The molecule has 1 amide bonds. The Balaban J connectivity index is 2.05. The van der Waals surface area contributed by atoms with Crippen LogP contribution in [0.1, 0.15) is 27.7 Å². The molecule has 100 valence electrons. The minimum atomic E-state index is -0.173. The number of carbonyl (C=O) groups excluding carboxylic acids is 1. The third kappa shape index (κ3) is 3.45. The van der Waals surface area contributed by atoms with Crippen LogP contribution in [0.5, 0.6) is 0 Å². The lowest BCUT2D eigenvalue weighted by atomic mass is 10.2. The van der Waals surface area contributed by atoms with Gasteiger partial charge in [0, 0.05) is 8.95 Å². The average molecular weight is 388 g/mol. The summed E-state index contributed by atoms with van der Waals surface area (Å²) in [5.74, 6) is 1.11. The maximum Gasteiger partial charge on any atom is 0.252 e. The van der Waals surface area contributed by atoms with Crippen LogP contribution in [0, 0.1) is 13.8 Å². The molecule has 0 fully saturated rings. The van der Waals surface area contributed by atoms with E-state index >= 15 is 0 Å². The topological polar surface area (TPSA) is 55.1 Å². The molecule has 0 spiro atoms. The van der Waals surface area contributed by atoms with Crippen molar-refractivity contribution in [2.45, 2.75) is 20.4 Å². The van der Waals surface area contributed by atoms with Gasteiger partial charge in [0.05, 0.1) is 17.8 Å². The van der Waals surface area contributed by atoms with E-state index in [2.05, 4.69) is 42.2 Å². The molecule has 0 saturated heterocycles. The Bertz CT molecular complexity index is 604. The van der Waals surface area contributed by atoms with Gasteiger partial charge in [0.25, 0.3) is 5.91 Å². The van der Waals surface area contributed by atoms with Crippen LogP contribution in [0.25, 0.3) is 0 Å². The smallest absolute Gasteiger partial charge is 0.252 e. The van der Waals surface area contributed by atoms with Gasteiger partial charge < -0.3 is 9.73 Å². The third-order valence-corrected chi connectivity index (χ3v) is 3.80. The van der Waals surface area contributed by atoms with Crippen LogP contribution in [0.15, 0.2) is 31.6 Å². The summed E-state index contributed by atoms with van der Waals surface area (Å²) in [5, 5.41) is 2.78. The Hall–Kier alpha value is -1.14. The highest BCUT2D eigenvalue weighted by Gasteiger charge is 2.12. The zero-order chi connectivity index (χ0) is 14.0. The maximum absolute atomic E-state index is 12.0. The Labute approximate surface area is 127 Å². The molecule has 0 aliphatic carbocycles. The zero-order valence-corrected chi connectivity index (χ0v) is 13.6. The van der Waals surface area contributed by atoms with E-state index in [1.807, 2.05) is 26.0 Å². The molecule has 1 N–H and O–H groups in total. The molecular formula is C13H12Br2N2O2. The number of amides is 1. The molecule has 0 unspecified atom stereocenters. The molecule has 19 heavy (non-hydrogen) atoms. The second kappa shape index (κ2) is 5.88. The standard InChI is InChI=1S/C13H12Br2N2O2/c1-7-8(2)19-12(17-7)6-16-13(18)10-4-3-9(14)5-11(10)15/h3-5H,6H2,1-2H3,(H,16,18). The van der Waals surface area contributed by atoms with Crippen molar-refractivity contribution in [1.82, 2.24) is 10.3 Å². The van der Waals surface area contributed by atoms with E-state index in [0.717, 1.165) is 20.4 Å². The van der Waals surface area contributed by atoms with Crippen molar-refractivity contribution in [2.75, 3.05) is 0 Å². The van der Waals surface area contributed by atoms with Gasteiger partial charge in [-0.1, -0.05) is 15.9 Å². The second-order valence-electron chi connectivity index (χ2n) is 4.06. The molecule has 1 heterocycles.